The molecule has 4 heterocycles. The minimum atomic E-state index is -5.08. The van der Waals surface area contributed by atoms with Crippen LogP contribution in [0.4, 0.5) is 39.5 Å². The first-order valence-electron chi connectivity index (χ1n) is 13.3. The monoisotopic (exact) mass is 695 g/mol. The van der Waals surface area contributed by atoms with Crippen LogP contribution in [0.3, 0.4) is 0 Å². The predicted molar refractivity (Wildman–Crippen MR) is 141 cm³/mol. The number of rotatable bonds is 6. The van der Waals surface area contributed by atoms with Crippen molar-refractivity contribution in [2.75, 3.05) is 26.3 Å². The number of alkyl halides is 9. The third-order valence-corrected chi connectivity index (χ3v) is 6.34. The number of halogens is 9. The number of carbonyl (C=O) groups is 3. The second-order valence-electron chi connectivity index (χ2n) is 10.0. The zero-order chi connectivity index (χ0) is 35.9. The summed E-state index contributed by atoms with van der Waals surface area (Å²) in [6.45, 7) is 5.38. The van der Waals surface area contributed by atoms with Crippen LogP contribution in [0.1, 0.15) is 30.5 Å². The van der Waals surface area contributed by atoms with Gasteiger partial charge in [-0.2, -0.15) is 39.5 Å². The Kier molecular flexibility index (Phi) is 16.0. The Hall–Kier alpha value is -4.04. The number of carboxylic acid groups (broad SMARTS) is 3. The third kappa shape index (κ3) is 16.9. The summed E-state index contributed by atoms with van der Waals surface area (Å²) in [4.78, 5) is 37.8. The predicted octanol–water partition coefficient (Wildman–Crippen LogP) is 4.96. The lowest BCUT2D eigenvalue weighted by Gasteiger charge is -2.38. The van der Waals surface area contributed by atoms with Gasteiger partial charge in [0.1, 0.15) is 0 Å². The number of aliphatic carboxylic acids is 3. The molecule has 2 aromatic heterocycles. The maximum Gasteiger partial charge on any atom is 0.490 e. The highest BCUT2D eigenvalue weighted by Crippen LogP contribution is 2.42. The standard InChI is InChI=1S/C21H27N3O2.3C2HF3O2/c1-2-9-23-19(5-1)14-24-10-6-21(7-11-24)12-20(26-17-21)16-25-15-18-4-3-8-22-13-18;3*3-2(4,5)1(6)7/h1-5,8-9,13,20H,6-7,10-12,14-17H2;3*(H,6,7). The molecule has 2 aromatic rings. The molecule has 0 amide bonds. The molecule has 1 spiro atoms. The Balaban J connectivity index is 0.000000430. The lowest BCUT2D eigenvalue weighted by molar-refractivity contribution is -0.193. The number of hydrogen-bond donors (Lipinski definition) is 3. The summed E-state index contributed by atoms with van der Waals surface area (Å²) < 4.78 is 107. The van der Waals surface area contributed by atoms with Gasteiger partial charge in [-0.3, -0.25) is 14.9 Å². The highest BCUT2D eigenvalue weighted by Gasteiger charge is 2.42. The van der Waals surface area contributed by atoms with E-state index in [-0.39, 0.29) is 6.10 Å². The molecule has 1 unspecified atom stereocenters. The van der Waals surface area contributed by atoms with Gasteiger partial charge in [0.05, 0.1) is 31.6 Å². The zero-order valence-electron chi connectivity index (χ0n) is 24.2. The number of pyridine rings is 2. The molecule has 1 atom stereocenters. The molecule has 20 heteroatoms. The number of hydrogen-bond acceptors (Lipinski definition) is 8. The summed E-state index contributed by atoms with van der Waals surface area (Å²) in [6, 6.07) is 10.1. The van der Waals surface area contributed by atoms with Crippen LogP contribution in [0.5, 0.6) is 0 Å². The highest BCUT2D eigenvalue weighted by atomic mass is 19.4. The number of ether oxygens (including phenoxy) is 2. The lowest BCUT2D eigenvalue weighted by atomic mass is 9.76. The van der Waals surface area contributed by atoms with Gasteiger partial charge in [0.2, 0.25) is 0 Å². The number of carboxylic acids is 3. The van der Waals surface area contributed by atoms with Crippen molar-refractivity contribution >= 4 is 17.9 Å². The first kappa shape index (κ1) is 41.0. The highest BCUT2D eigenvalue weighted by molar-refractivity contribution is 5.73. The topological polar surface area (TPSA) is 159 Å². The van der Waals surface area contributed by atoms with E-state index < -0.39 is 36.4 Å². The van der Waals surface area contributed by atoms with Crippen molar-refractivity contribution in [1.82, 2.24) is 14.9 Å². The van der Waals surface area contributed by atoms with Crippen LogP contribution in [-0.2, 0) is 37.0 Å². The molecule has 0 radical (unpaired) electrons. The molecular weight excluding hydrogens is 665 g/mol. The van der Waals surface area contributed by atoms with Crippen LogP contribution in [0.2, 0.25) is 0 Å². The second kappa shape index (κ2) is 18.3. The zero-order valence-corrected chi connectivity index (χ0v) is 24.2. The fourth-order valence-corrected chi connectivity index (χ4v) is 4.05. The van der Waals surface area contributed by atoms with Crippen LogP contribution in [0.15, 0.2) is 48.9 Å². The van der Waals surface area contributed by atoms with E-state index in [2.05, 4.69) is 27.0 Å². The van der Waals surface area contributed by atoms with Crippen LogP contribution >= 0.6 is 0 Å². The minimum Gasteiger partial charge on any atom is -0.475 e. The molecule has 3 N–H and O–H groups in total. The maximum atomic E-state index is 10.6. The summed E-state index contributed by atoms with van der Waals surface area (Å²) in [7, 11) is 0. The molecule has 11 nitrogen and oxygen atoms in total. The SMILES string of the molecule is O=C(O)C(F)(F)F.O=C(O)C(F)(F)F.O=C(O)C(F)(F)F.c1ccc(CN2CCC3(CC2)COC(COCc2cccnc2)C3)nc1. The minimum absolute atomic E-state index is 0.231. The average Bonchev–Trinajstić information content (AvgIpc) is 3.37. The van der Waals surface area contributed by atoms with Gasteiger partial charge in [-0.15, -0.1) is 0 Å². The van der Waals surface area contributed by atoms with Crippen molar-refractivity contribution in [2.45, 2.75) is 57.0 Å². The first-order chi connectivity index (χ1) is 21.6. The Labute approximate surface area is 260 Å². The van der Waals surface area contributed by atoms with Crippen LogP contribution in [0.25, 0.3) is 0 Å². The van der Waals surface area contributed by atoms with E-state index in [0.717, 1.165) is 43.9 Å². The van der Waals surface area contributed by atoms with Crippen molar-refractivity contribution < 1.29 is 78.7 Å². The Morgan fingerprint density at radius 3 is 1.81 bits per heavy atom. The number of nitrogens with zero attached hydrogens (tertiary/aromatic N) is 3. The van der Waals surface area contributed by atoms with Crippen molar-refractivity contribution in [3.63, 3.8) is 0 Å². The summed E-state index contributed by atoms with van der Waals surface area (Å²) in [5.74, 6) is -8.27. The largest absolute Gasteiger partial charge is 0.490 e. The average molecular weight is 696 g/mol. The van der Waals surface area contributed by atoms with Gasteiger partial charge >= 0.3 is 36.4 Å². The summed E-state index contributed by atoms with van der Waals surface area (Å²) >= 11 is 0. The number of piperidine rings is 1. The molecule has 2 aliphatic rings. The number of aromatic nitrogens is 2. The Morgan fingerprint density at radius 1 is 0.851 bits per heavy atom. The van der Waals surface area contributed by atoms with Gasteiger partial charge in [0.15, 0.2) is 0 Å². The normalized spacial score (nSPS) is 17.6. The lowest BCUT2D eigenvalue weighted by Crippen LogP contribution is -2.40. The van der Waals surface area contributed by atoms with Gasteiger partial charge in [-0.25, -0.2) is 14.4 Å². The molecule has 264 valence electrons. The van der Waals surface area contributed by atoms with Crippen LogP contribution in [0, 0.1) is 5.41 Å². The van der Waals surface area contributed by atoms with Crippen molar-refractivity contribution in [3.05, 3.63) is 60.2 Å². The molecule has 0 aliphatic carbocycles. The molecule has 0 bridgehead atoms. The quantitative estimate of drug-likeness (QED) is 0.351. The van der Waals surface area contributed by atoms with E-state index in [1.807, 2.05) is 30.6 Å². The van der Waals surface area contributed by atoms with Gasteiger partial charge < -0.3 is 24.8 Å². The molecule has 4 rings (SSSR count). The summed E-state index contributed by atoms with van der Waals surface area (Å²) in [5.41, 5.74) is 2.62. The van der Waals surface area contributed by atoms with Crippen LogP contribution < -0.4 is 0 Å². The second-order valence-corrected chi connectivity index (χ2v) is 10.0. The van der Waals surface area contributed by atoms with Crippen LogP contribution in [-0.4, -0.2) is 99.0 Å². The van der Waals surface area contributed by atoms with Crippen molar-refractivity contribution in [3.8, 4) is 0 Å². The molecular formula is C27H30F9N3O8. The van der Waals surface area contributed by atoms with Gasteiger partial charge in [-0.1, -0.05) is 12.1 Å². The van der Waals surface area contributed by atoms with E-state index in [9.17, 15) is 39.5 Å². The van der Waals surface area contributed by atoms with Gasteiger partial charge in [-0.05, 0) is 61.5 Å². The van der Waals surface area contributed by atoms with Crippen molar-refractivity contribution in [2.24, 2.45) is 5.41 Å². The van der Waals surface area contributed by atoms with E-state index in [4.69, 9.17) is 39.2 Å². The molecule has 0 aromatic carbocycles. The fourth-order valence-electron chi connectivity index (χ4n) is 4.05. The van der Waals surface area contributed by atoms with E-state index in [0.29, 0.717) is 18.6 Å². The molecule has 0 saturated carbocycles. The Bertz CT molecular complexity index is 1180. The van der Waals surface area contributed by atoms with Gasteiger partial charge in [0, 0.05) is 25.1 Å². The summed E-state index contributed by atoms with van der Waals surface area (Å²) in [5, 5.41) is 21.4. The Morgan fingerprint density at radius 2 is 1.38 bits per heavy atom. The maximum absolute atomic E-state index is 10.6. The fraction of sp³-hybridized carbons (Fsp3) is 0.519. The van der Waals surface area contributed by atoms with E-state index in [1.54, 1.807) is 6.20 Å². The van der Waals surface area contributed by atoms with Crippen molar-refractivity contribution in [1.29, 1.82) is 0 Å². The van der Waals surface area contributed by atoms with E-state index >= 15 is 0 Å². The van der Waals surface area contributed by atoms with Gasteiger partial charge in [0.25, 0.3) is 0 Å². The summed E-state index contributed by atoms with van der Waals surface area (Å²) in [6.07, 6.45) is -5.96. The number of likely N-dealkylation sites (tertiary alicyclic amines) is 1. The molecule has 47 heavy (non-hydrogen) atoms. The van der Waals surface area contributed by atoms with E-state index in [1.165, 1.54) is 12.8 Å². The molecule has 2 fully saturated rings. The smallest absolute Gasteiger partial charge is 0.475 e. The first-order valence-corrected chi connectivity index (χ1v) is 13.3. The molecule has 2 saturated heterocycles. The molecule has 2 aliphatic heterocycles. The third-order valence-electron chi connectivity index (χ3n) is 6.34.